The van der Waals surface area contributed by atoms with Crippen molar-refractivity contribution in [1.29, 1.82) is 0 Å². The van der Waals surface area contributed by atoms with Crippen molar-refractivity contribution < 1.29 is 13.2 Å². The molecule has 0 radical (unpaired) electrons. The van der Waals surface area contributed by atoms with Crippen molar-refractivity contribution >= 4 is 23.1 Å². The maximum atomic E-state index is 12.7. The number of aryl methyl sites for hydroxylation is 1. The molecule has 2 heterocycles. The number of imidazole rings is 1. The number of rotatable bonds is 0. The molecule has 0 amide bonds. The third-order valence-corrected chi connectivity index (χ3v) is 2.42. The molecule has 0 fully saturated rings. The first-order valence-electron chi connectivity index (χ1n) is 4.31. The van der Waals surface area contributed by atoms with Gasteiger partial charge in [-0.3, -0.25) is 4.40 Å². The summed E-state index contributed by atoms with van der Waals surface area (Å²) in [5.74, 6) is 0.156. The van der Waals surface area contributed by atoms with Crippen LogP contribution in [0.4, 0.5) is 19.0 Å². The largest absolute Gasteiger partial charge is 0.420 e. The van der Waals surface area contributed by atoms with Gasteiger partial charge in [-0.25, -0.2) is 4.98 Å². The molecule has 0 aliphatic carbocycles. The highest BCUT2D eigenvalue weighted by Gasteiger charge is 2.34. The van der Waals surface area contributed by atoms with E-state index in [9.17, 15) is 13.2 Å². The smallest absolute Gasteiger partial charge is 0.383 e. The highest BCUT2D eigenvalue weighted by molar-refractivity contribution is 6.30. The molecule has 0 bridgehead atoms. The number of alkyl halides is 3. The first-order valence-corrected chi connectivity index (χ1v) is 4.69. The number of nitrogens with zero attached hydrogens (tertiary/aromatic N) is 2. The topological polar surface area (TPSA) is 43.3 Å². The van der Waals surface area contributed by atoms with E-state index in [4.69, 9.17) is 17.3 Å². The predicted octanol–water partition coefficient (Wildman–Crippen LogP) is 2.90. The Kier molecular flexibility index (Phi) is 2.27. The van der Waals surface area contributed by atoms with E-state index in [1.54, 1.807) is 0 Å². The summed E-state index contributed by atoms with van der Waals surface area (Å²) in [5.41, 5.74) is 4.82. The van der Waals surface area contributed by atoms with Gasteiger partial charge in [-0.1, -0.05) is 11.6 Å². The van der Waals surface area contributed by atoms with Crippen LogP contribution in [-0.2, 0) is 6.18 Å². The number of pyridine rings is 1. The summed E-state index contributed by atoms with van der Waals surface area (Å²) in [7, 11) is 0. The Labute approximate surface area is 93.6 Å². The van der Waals surface area contributed by atoms with E-state index in [2.05, 4.69) is 4.98 Å². The van der Waals surface area contributed by atoms with Crippen molar-refractivity contribution in [3.63, 3.8) is 0 Å². The summed E-state index contributed by atoms with van der Waals surface area (Å²) >= 11 is 5.61. The number of nitrogen functional groups attached to an aromatic ring is 1. The van der Waals surface area contributed by atoms with Gasteiger partial charge in [0.15, 0.2) is 5.65 Å². The molecule has 2 N–H and O–H groups in total. The molecule has 16 heavy (non-hydrogen) atoms. The summed E-state index contributed by atoms with van der Waals surface area (Å²) in [6.07, 6.45) is -3.20. The van der Waals surface area contributed by atoms with Gasteiger partial charge in [0.2, 0.25) is 0 Å². The van der Waals surface area contributed by atoms with Crippen LogP contribution in [0.3, 0.4) is 0 Å². The Morgan fingerprint density at radius 3 is 2.62 bits per heavy atom. The van der Waals surface area contributed by atoms with E-state index in [-0.39, 0.29) is 16.5 Å². The molecule has 2 aromatic rings. The Hall–Kier alpha value is -1.43. The average molecular weight is 250 g/mol. The zero-order valence-electron chi connectivity index (χ0n) is 8.14. The van der Waals surface area contributed by atoms with E-state index in [1.165, 1.54) is 13.1 Å². The number of nitrogens with two attached hydrogens (primary N) is 1. The minimum atomic E-state index is -4.50. The fourth-order valence-corrected chi connectivity index (χ4v) is 1.66. The van der Waals surface area contributed by atoms with Crippen LogP contribution in [0.25, 0.3) is 5.65 Å². The van der Waals surface area contributed by atoms with Crippen LogP contribution in [0.5, 0.6) is 0 Å². The van der Waals surface area contributed by atoms with Gasteiger partial charge < -0.3 is 5.73 Å². The molecule has 0 atom stereocenters. The third kappa shape index (κ3) is 1.59. The van der Waals surface area contributed by atoms with E-state index < -0.39 is 11.7 Å². The fraction of sp³-hybridized carbons (Fsp3) is 0.222. The SMILES string of the molecule is Cc1nc2c(C(F)(F)F)cc(Cl)cn2c1N. The van der Waals surface area contributed by atoms with E-state index in [0.717, 1.165) is 10.5 Å². The van der Waals surface area contributed by atoms with Gasteiger partial charge in [-0.05, 0) is 13.0 Å². The Morgan fingerprint density at radius 1 is 1.44 bits per heavy atom. The van der Waals surface area contributed by atoms with E-state index in [0.29, 0.717) is 5.69 Å². The van der Waals surface area contributed by atoms with Crippen LogP contribution in [0.1, 0.15) is 11.3 Å². The standard InChI is InChI=1S/C9H7ClF3N3/c1-4-7(14)16-3-5(10)2-6(8(16)15-4)9(11,12)13/h2-3H,14H2,1H3. The number of hydrogen-bond acceptors (Lipinski definition) is 2. The number of hydrogen-bond donors (Lipinski definition) is 1. The van der Waals surface area contributed by atoms with Crippen LogP contribution in [-0.4, -0.2) is 9.38 Å². The highest BCUT2D eigenvalue weighted by atomic mass is 35.5. The first kappa shape index (κ1) is 11.1. The van der Waals surface area contributed by atoms with E-state index >= 15 is 0 Å². The van der Waals surface area contributed by atoms with Gasteiger partial charge in [0.05, 0.1) is 10.7 Å². The lowest BCUT2D eigenvalue weighted by atomic mass is 10.2. The molecule has 3 nitrogen and oxygen atoms in total. The number of halogens is 4. The van der Waals surface area contributed by atoms with Crippen LogP contribution >= 0.6 is 11.6 Å². The molecule has 2 aromatic heterocycles. The zero-order chi connectivity index (χ0) is 12.1. The van der Waals surface area contributed by atoms with Crippen molar-refractivity contribution in [2.24, 2.45) is 0 Å². The summed E-state index contributed by atoms with van der Waals surface area (Å²) in [5, 5.41) is -0.0380. The van der Waals surface area contributed by atoms with Crippen LogP contribution in [0.2, 0.25) is 5.02 Å². The van der Waals surface area contributed by atoms with Crippen molar-refractivity contribution in [1.82, 2.24) is 9.38 Å². The molecule has 0 aromatic carbocycles. The lowest BCUT2D eigenvalue weighted by Crippen LogP contribution is -2.08. The van der Waals surface area contributed by atoms with Crippen molar-refractivity contribution in [2.75, 3.05) is 5.73 Å². The molecule has 86 valence electrons. The third-order valence-electron chi connectivity index (χ3n) is 2.21. The Morgan fingerprint density at radius 2 is 2.06 bits per heavy atom. The normalized spacial score (nSPS) is 12.3. The van der Waals surface area contributed by atoms with Gasteiger partial charge in [0, 0.05) is 6.20 Å². The number of fused-ring (bicyclic) bond motifs is 1. The zero-order valence-corrected chi connectivity index (χ0v) is 8.89. The Bertz CT molecular complexity index is 559. The molecule has 7 heteroatoms. The highest BCUT2D eigenvalue weighted by Crippen LogP contribution is 2.35. The fourth-order valence-electron chi connectivity index (χ4n) is 1.45. The predicted molar refractivity (Wildman–Crippen MR) is 54.4 cm³/mol. The first-order chi connectivity index (χ1) is 7.30. The molecule has 0 aliphatic rings. The minimum Gasteiger partial charge on any atom is -0.383 e. The van der Waals surface area contributed by atoms with Gasteiger partial charge in [-0.2, -0.15) is 13.2 Å². The van der Waals surface area contributed by atoms with Gasteiger partial charge in [0.25, 0.3) is 0 Å². The summed E-state index contributed by atoms with van der Waals surface area (Å²) in [6.45, 7) is 1.54. The molecule has 0 unspecified atom stereocenters. The lowest BCUT2D eigenvalue weighted by molar-refractivity contribution is -0.136. The Balaban J connectivity index is 2.89. The molecule has 0 saturated heterocycles. The van der Waals surface area contributed by atoms with Crippen LogP contribution in [0.15, 0.2) is 12.3 Å². The van der Waals surface area contributed by atoms with Gasteiger partial charge in [-0.15, -0.1) is 0 Å². The molecule has 0 aliphatic heterocycles. The lowest BCUT2D eigenvalue weighted by Gasteiger charge is -2.08. The quantitative estimate of drug-likeness (QED) is 0.780. The molecular formula is C9H7ClF3N3. The van der Waals surface area contributed by atoms with Crippen molar-refractivity contribution in [3.05, 3.63) is 28.5 Å². The van der Waals surface area contributed by atoms with E-state index in [1.807, 2.05) is 0 Å². The second-order valence-corrected chi connectivity index (χ2v) is 3.78. The molecule has 2 rings (SSSR count). The second-order valence-electron chi connectivity index (χ2n) is 3.35. The summed E-state index contributed by atoms with van der Waals surface area (Å²) in [6, 6.07) is 0.836. The number of aromatic nitrogens is 2. The monoisotopic (exact) mass is 249 g/mol. The van der Waals surface area contributed by atoms with Crippen LogP contribution < -0.4 is 5.73 Å². The van der Waals surface area contributed by atoms with Crippen molar-refractivity contribution in [3.8, 4) is 0 Å². The van der Waals surface area contributed by atoms with Gasteiger partial charge in [0.1, 0.15) is 11.4 Å². The molecule has 0 spiro atoms. The van der Waals surface area contributed by atoms with Crippen LogP contribution in [0, 0.1) is 6.92 Å². The summed E-state index contributed by atoms with van der Waals surface area (Å²) in [4.78, 5) is 3.78. The minimum absolute atomic E-state index is 0.0380. The molecule has 0 saturated carbocycles. The average Bonchev–Trinajstić information content (AvgIpc) is 2.42. The van der Waals surface area contributed by atoms with Gasteiger partial charge >= 0.3 is 6.18 Å². The maximum absolute atomic E-state index is 12.7. The second kappa shape index (κ2) is 3.28. The van der Waals surface area contributed by atoms with Crippen molar-refractivity contribution in [2.45, 2.75) is 13.1 Å². The maximum Gasteiger partial charge on any atom is 0.420 e. The molecular weight excluding hydrogens is 243 g/mol. The number of anilines is 1. The summed E-state index contributed by atoms with van der Waals surface area (Å²) < 4.78 is 39.2.